The molecule has 0 amide bonds. The van der Waals surface area contributed by atoms with Gasteiger partial charge >= 0.3 is 0 Å². The molecule has 0 radical (unpaired) electrons. The van der Waals surface area contributed by atoms with E-state index in [4.69, 9.17) is 0 Å². The molecule has 7 nitrogen and oxygen atoms in total. The number of allylic oxidation sites excluding steroid dienone is 1. The molecule has 0 spiro atoms. The summed E-state index contributed by atoms with van der Waals surface area (Å²) in [6, 6.07) is 16.9. The van der Waals surface area contributed by atoms with Crippen molar-refractivity contribution in [3.8, 4) is 22.5 Å². The number of aliphatic hydroxyl groups excluding tert-OH is 1. The Kier molecular flexibility index (Phi) is 6.21. The normalized spacial score (nSPS) is 16.8. The van der Waals surface area contributed by atoms with Crippen molar-refractivity contribution in [1.82, 2.24) is 31.1 Å². The summed E-state index contributed by atoms with van der Waals surface area (Å²) in [6.45, 7) is 5.30. The lowest BCUT2D eigenvalue weighted by Crippen LogP contribution is -2.41. The van der Waals surface area contributed by atoms with Crippen LogP contribution >= 0.6 is 0 Å². The molecule has 1 unspecified atom stereocenters. The van der Waals surface area contributed by atoms with E-state index in [1.807, 2.05) is 25.1 Å². The molecular weight excluding hydrogens is 376 g/mol. The van der Waals surface area contributed by atoms with Gasteiger partial charge in [-0.1, -0.05) is 61.9 Å². The summed E-state index contributed by atoms with van der Waals surface area (Å²) >= 11 is 0. The lowest BCUT2D eigenvalue weighted by Gasteiger charge is -2.26. The molecule has 1 aliphatic heterocycles. The van der Waals surface area contributed by atoms with Gasteiger partial charge in [-0.05, 0) is 47.2 Å². The smallest absolute Gasteiger partial charge is 0.205 e. The number of unbranched alkanes of at least 4 members (excludes halogenated alkanes) is 1. The molecule has 4 rings (SSSR count). The number of nitrogens with zero attached hydrogens (tertiary/aromatic N) is 4. The van der Waals surface area contributed by atoms with Gasteiger partial charge in [0.25, 0.3) is 0 Å². The van der Waals surface area contributed by atoms with Gasteiger partial charge < -0.3 is 10.5 Å². The van der Waals surface area contributed by atoms with E-state index in [0.29, 0.717) is 5.82 Å². The number of tetrazole rings is 1. The number of aliphatic hydroxyl groups is 1. The minimum atomic E-state index is 0.0856. The quantitative estimate of drug-likeness (QED) is 0.534. The Morgan fingerprint density at radius 1 is 1.07 bits per heavy atom. The van der Waals surface area contributed by atoms with Crippen molar-refractivity contribution in [2.45, 2.75) is 39.2 Å². The summed E-state index contributed by atoms with van der Waals surface area (Å²) in [6.07, 6.45) is 3.13. The van der Waals surface area contributed by atoms with E-state index in [1.54, 1.807) is 0 Å². The van der Waals surface area contributed by atoms with E-state index < -0.39 is 0 Å². The van der Waals surface area contributed by atoms with Crippen LogP contribution in [0.1, 0.15) is 32.3 Å². The molecule has 2 aromatic carbocycles. The molecular formula is C23H28N6O. The van der Waals surface area contributed by atoms with Gasteiger partial charge in [-0.2, -0.15) is 5.21 Å². The molecule has 156 valence electrons. The number of benzene rings is 2. The van der Waals surface area contributed by atoms with Crippen LogP contribution in [0.25, 0.3) is 22.5 Å². The minimum absolute atomic E-state index is 0.0856. The van der Waals surface area contributed by atoms with Crippen molar-refractivity contribution in [2.75, 3.05) is 13.2 Å². The number of hydrazine groups is 1. The molecule has 1 atom stereocenters. The molecule has 0 aliphatic carbocycles. The molecule has 2 heterocycles. The van der Waals surface area contributed by atoms with E-state index in [-0.39, 0.29) is 12.6 Å². The molecule has 0 fully saturated rings. The number of hydrogen-bond acceptors (Lipinski definition) is 6. The van der Waals surface area contributed by atoms with Gasteiger partial charge in [-0.3, -0.25) is 0 Å². The third kappa shape index (κ3) is 4.13. The second-order valence-electron chi connectivity index (χ2n) is 7.66. The highest BCUT2D eigenvalue weighted by atomic mass is 16.3. The fourth-order valence-electron chi connectivity index (χ4n) is 4.05. The fourth-order valence-corrected chi connectivity index (χ4v) is 4.05. The van der Waals surface area contributed by atoms with Crippen LogP contribution in [-0.4, -0.2) is 49.9 Å². The van der Waals surface area contributed by atoms with E-state index in [1.165, 1.54) is 5.56 Å². The van der Waals surface area contributed by atoms with E-state index in [2.05, 4.69) is 68.3 Å². The molecule has 1 aromatic heterocycles. The molecule has 3 N–H and O–H groups in total. The molecule has 7 heteroatoms. The Hall–Kier alpha value is -3.03. The van der Waals surface area contributed by atoms with Crippen molar-refractivity contribution in [3.63, 3.8) is 0 Å². The van der Waals surface area contributed by atoms with Crippen LogP contribution in [0.3, 0.4) is 0 Å². The number of nitrogens with one attached hydrogen (secondary N) is 2. The van der Waals surface area contributed by atoms with Crippen molar-refractivity contribution >= 4 is 0 Å². The zero-order valence-electron chi connectivity index (χ0n) is 17.5. The van der Waals surface area contributed by atoms with E-state index in [9.17, 15) is 5.11 Å². The van der Waals surface area contributed by atoms with Gasteiger partial charge in [0.2, 0.25) is 5.82 Å². The highest BCUT2D eigenvalue weighted by Crippen LogP contribution is 2.30. The fraction of sp³-hybridized carbons (Fsp3) is 0.348. The number of rotatable bonds is 8. The zero-order chi connectivity index (χ0) is 20.9. The monoisotopic (exact) mass is 404 g/mol. The van der Waals surface area contributed by atoms with Gasteiger partial charge in [0.1, 0.15) is 0 Å². The van der Waals surface area contributed by atoms with Crippen LogP contribution in [0.4, 0.5) is 0 Å². The largest absolute Gasteiger partial charge is 0.392 e. The van der Waals surface area contributed by atoms with Crippen LogP contribution in [0.15, 0.2) is 59.8 Å². The average molecular weight is 405 g/mol. The maximum Gasteiger partial charge on any atom is 0.205 e. The van der Waals surface area contributed by atoms with Gasteiger partial charge in [0.15, 0.2) is 0 Å². The molecule has 0 saturated heterocycles. The Morgan fingerprint density at radius 2 is 1.83 bits per heavy atom. The van der Waals surface area contributed by atoms with Gasteiger partial charge in [-0.25, -0.2) is 5.01 Å². The Balaban J connectivity index is 1.56. The van der Waals surface area contributed by atoms with Crippen LogP contribution in [-0.2, 0) is 6.42 Å². The van der Waals surface area contributed by atoms with Crippen molar-refractivity contribution in [3.05, 3.63) is 65.4 Å². The SMILES string of the molecule is CCCCN1NC(C)=C(CO)C1Cc1ccc(-c2ccccc2-c2nn[nH]n2)cc1. The topological polar surface area (TPSA) is 90.0 Å². The summed E-state index contributed by atoms with van der Waals surface area (Å²) in [5.74, 6) is 0.589. The Morgan fingerprint density at radius 3 is 2.50 bits per heavy atom. The Labute approximate surface area is 176 Å². The second-order valence-corrected chi connectivity index (χ2v) is 7.66. The lowest BCUT2D eigenvalue weighted by molar-refractivity contribution is 0.179. The van der Waals surface area contributed by atoms with E-state index in [0.717, 1.165) is 53.8 Å². The summed E-state index contributed by atoms with van der Waals surface area (Å²) in [4.78, 5) is 0. The third-order valence-corrected chi connectivity index (χ3v) is 5.70. The lowest BCUT2D eigenvalue weighted by atomic mass is 9.95. The van der Waals surface area contributed by atoms with Gasteiger partial charge in [0.05, 0.1) is 12.6 Å². The predicted molar refractivity (Wildman–Crippen MR) is 117 cm³/mol. The summed E-state index contributed by atoms with van der Waals surface area (Å²) in [5, 5.41) is 26.6. The summed E-state index contributed by atoms with van der Waals surface area (Å²) in [5.41, 5.74) is 9.98. The van der Waals surface area contributed by atoms with Crippen molar-refractivity contribution < 1.29 is 5.11 Å². The van der Waals surface area contributed by atoms with Crippen molar-refractivity contribution in [2.24, 2.45) is 0 Å². The van der Waals surface area contributed by atoms with E-state index >= 15 is 0 Å². The highest BCUT2D eigenvalue weighted by molar-refractivity contribution is 5.80. The predicted octanol–water partition coefficient (Wildman–Crippen LogP) is 3.33. The van der Waals surface area contributed by atoms with Crippen LogP contribution < -0.4 is 5.43 Å². The molecule has 0 bridgehead atoms. The van der Waals surface area contributed by atoms with Crippen LogP contribution in [0.2, 0.25) is 0 Å². The number of H-pyrrole nitrogens is 1. The number of aromatic nitrogens is 4. The second kappa shape index (κ2) is 9.19. The standard InChI is InChI=1S/C23H28N6O/c1-3-4-13-29-22(21(15-30)16(2)26-29)14-17-9-11-18(12-10-17)19-7-5-6-8-20(19)23-24-27-28-25-23/h5-12,22,26,30H,3-4,13-15H2,1-2H3,(H,24,25,27,28). The summed E-state index contributed by atoms with van der Waals surface area (Å²) in [7, 11) is 0. The first kappa shape index (κ1) is 20.3. The molecule has 3 aromatic rings. The van der Waals surface area contributed by atoms with Gasteiger partial charge in [0, 0.05) is 17.8 Å². The molecule has 0 saturated carbocycles. The average Bonchev–Trinajstić information content (AvgIpc) is 3.41. The van der Waals surface area contributed by atoms with Crippen molar-refractivity contribution in [1.29, 1.82) is 0 Å². The third-order valence-electron chi connectivity index (χ3n) is 5.70. The highest BCUT2D eigenvalue weighted by Gasteiger charge is 2.29. The first-order chi connectivity index (χ1) is 14.7. The maximum atomic E-state index is 9.90. The maximum absolute atomic E-state index is 9.90. The Bertz CT molecular complexity index is 997. The first-order valence-corrected chi connectivity index (χ1v) is 10.5. The van der Waals surface area contributed by atoms with Crippen LogP contribution in [0, 0.1) is 0 Å². The minimum Gasteiger partial charge on any atom is -0.392 e. The number of hydrogen-bond donors (Lipinski definition) is 3. The summed E-state index contributed by atoms with van der Waals surface area (Å²) < 4.78 is 0. The van der Waals surface area contributed by atoms with Crippen LogP contribution in [0.5, 0.6) is 0 Å². The van der Waals surface area contributed by atoms with Gasteiger partial charge in [-0.15, -0.1) is 10.2 Å². The molecule has 30 heavy (non-hydrogen) atoms. The zero-order valence-corrected chi connectivity index (χ0v) is 17.5. The molecule has 1 aliphatic rings. The first-order valence-electron chi connectivity index (χ1n) is 10.5. The number of aromatic amines is 1.